The summed E-state index contributed by atoms with van der Waals surface area (Å²) in [5.41, 5.74) is 1.03. The molecule has 2 rings (SSSR count). The van der Waals surface area contributed by atoms with Crippen LogP contribution in [0.4, 0.5) is 5.95 Å². The Morgan fingerprint density at radius 1 is 1.59 bits per heavy atom. The summed E-state index contributed by atoms with van der Waals surface area (Å²) in [7, 11) is 5.88. The summed E-state index contributed by atoms with van der Waals surface area (Å²) in [5, 5.41) is 2.98. The molecule has 1 heterocycles. The molecule has 1 amide bonds. The van der Waals surface area contributed by atoms with Crippen LogP contribution in [0.15, 0.2) is 6.20 Å². The molecule has 94 valence electrons. The molecule has 1 aromatic heterocycles. The summed E-state index contributed by atoms with van der Waals surface area (Å²) in [6.45, 7) is 0.562. The number of nitrogens with zero attached hydrogens (tertiary/aromatic N) is 3. The highest BCUT2D eigenvalue weighted by Gasteiger charge is 2.24. The molecule has 1 aliphatic carbocycles. The topological polar surface area (TPSA) is 50.2 Å². The van der Waals surface area contributed by atoms with Crippen molar-refractivity contribution in [3.05, 3.63) is 11.9 Å². The van der Waals surface area contributed by atoms with Gasteiger partial charge in [-0.05, 0) is 12.8 Å². The predicted molar refractivity (Wildman–Crippen MR) is 66.7 cm³/mol. The average Bonchev–Trinajstić information content (AvgIpc) is 2.54. The molecule has 1 aliphatic rings. The van der Waals surface area contributed by atoms with Crippen LogP contribution < -0.4 is 10.2 Å². The minimum Gasteiger partial charge on any atom is -0.350 e. The van der Waals surface area contributed by atoms with E-state index in [0.717, 1.165) is 24.5 Å². The predicted octanol–water partition coefficient (Wildman–Crippen LogP) is 0.902. The van der Waals surface area contributed by atoms with Gasteiger partial charge in [-0.3, -0.25) is 4.79 Å². The van der Waals surface area contributed by atoms with Gasteiger partial charge in [0.2, 0.25) is 11.9 Å². The smallest absolute Gasteiger partial charge is 0.223 e. The number of hydrogen-bond donors (Lipinski definition) is 1. The molecule has 0 spiro atoms. The van der Waals surface area contributed by atoms with Crippen molar-refractivity contribution in [2.45, 2.75) is 25.8 Å². The number of imidazole rings is 1. The Balaban J connectivity index is 1.92. The van der Waals surface area contributed by atoms with E-state index < -0.39 is 0 Å². The van der Waals surface area contributed by atoms with Crippen molar-refractivity contribution in [3.8, 4) is 0 Å². The van der Waals surface area contributed by atoms with E-state index in [2.05, 4.69) is 10.3 Å². The molecule has 0 aliphatic heterocycles. The first kappa shape index (κ1) is 12.0. The van der Waals surface area contributed by atoms with Crippen molar-refractivity contribution in [1.29, 1.82) is 0 Å². The van der Waals surface area contributed by atoms with Gasteiger partial charge in [-0.2, -0.15) is 0 Å². The highest BCUT2D eigenvalue weighted by atomic mass is 16.1. The van der Waals surface area contributed by atoms with E-state index in [9.17, 15) is 4.79 Å². The van der Waals surface area contributed by atoms with E-state index in [1.165, 1.54) is 6.42 Å². The van der Waals surface area contributed by atoms with Gasteiger partial charge in [-0.25, -0.2) is 4.98 Å². The third-order valence-electron chi connectivity index (χ3n) is 3.38. The number of nitrogens with one attached hydrogen (secondary N) is 1. The van der Waals surface area contributed by atoms with Crippen LogP contribution in [0.5, 0.6) is 0 Å². The van der Waals surface area contributed by atoms with Gasteiger partial charge in [-0.15, -0.1) is 0 Å². The molecule has 5 heteroatoms. The number of aromatic nitrogens is 2. The van der Waals surface area contributed by atoms with Crippen molar-refractivity contribution in [2.75, 3.05) is 19.0 Å². The monoisotopic (exact) mass is 236 g/mol. The Labute approximate surface area is 102 Å². The van der Waals surface area contributed by atoms with E-state index in [0.29, 0.717) is 6.54 Å². The molecule has 5 nitrogen and oxygen atoms in total. The van der Waals surface area contributed by atoms with Crippen LogP contribution in [0.3, 0.4) is 0 Å². The first-order valence-corrected chi connectivity index (χ1v) is 6.05. The zero-order chi connectivity index (χ0) is 12.4. The minimum atomic E-state index is 0.184. The second-order valence-electron chi connectivity index (χ2n) is 4.85. The number of rotatable bonds is 4. The van der Waals surface area contributed by atoms with E-state index >= 15 is 0 Å². The van der Waals surface area contributed by atoms with Gasteiger partial charge >= 0.3 is 0 Å². The molecule has 1 N–H and O–H groups in total. The summed E-state index contributed by atoms with van der Waals surface area (Å²) < 4.78 is 2.00. The van der Waals surface area contributed by atoms with E-state index in [4.69, 9.17) is 0 Å². The summed E-state index contributed by atoms with van der Waals surface area (Å²) in [6, 6.07) is 0. The minimum absolute atomic E-state index is 0.184. The molecule has 1 fully saturated rings. The van der Waals surface area contributed by atoms with Crippen molar-refractivity contribution in [3.63, 3.8) is 0 Å². The molecule has 0 unspecified atom stereocenters. The van der Waals surface area contributed by atoms with E-state index in [1.54, 1.807) is 0 Å². The quantitative estimate of drug-likeness (QED) is 0.845. The fourth-order valence-corrected chi connectivity index (χ4v) is 2.01. The lowest BCUT2D eigenvalue weighted by Crippen LogP contribution is -2.34. The normalized spacial score (nSPS) is 15.5. The van der Waals surface area contributed by atoms with Crippen molar-refractivity contribution in [1.82, 2.24) is 14.9 Å². The second-order valence-corrected chi connectivity index (χ2v) is 4.85. The van der Waals surface area contributed by atoms with Gasteiger partial charge < -0.3 is 14.8 Å². The van der Waals surface area contributed by atoms with Crippen LogP contribution in [0.25, 0.3) is 0 Å². The highest BCUT2D eigenvalue weighted by molar-refractivity contribution is 5.79. The zero-order valence-corrected chi connectivity index (χ0v) is 10.7. The van der Waals surface area contributed by atoms with E-state index in [-0.39, 0.29) is 11.8 Å². The lowest BCUT2D eigenvalue weighted by Gasteiger charge is -2.24. The van der Waals surface area contributed by atoms with Crippen molar-refractivity contribution < 1.29 is 4.79 Å². The largest absolute Gasteiger partial charge is 0.350 e. The average molecular weight is 236 g/mol. The lowest BCUT2D eigenvalue weighted by atomic mass is 9.85. The summed E-state index contributed by atoms with van der Waals surface area (Å²) in [6.07, 6.45) is 5.09. The molecule has 1 saturated carbocycles. The number of carbonyl (C=O) groups excluding carboxylic acids is 1. The fourth-order valence-electron chi connectivity index (χ4n) is 2.01. The molecule has 0 saturated heterocycles. The molecule has 0 atom stereocenters. The first-order chi connectivity index (χ1) is 8.09. The van der Waals surface area contributed by atoms with Gasteiger partial charge in [0.05, 0.1) is 18.4 Å². The van der Waals surface area contributed by atoms with Gasteiger partial charge in [0, 0.05) is 27.1 Å². The van der Waals surface area contributed by atoms with Crippen LogP contribution >= 0.6 is 0 Å². The Morgan fingerprint density at radius 2 is 2.29 bits per heavy atom. The van der Waals surface area contributed by atoms with Crippen LogP contribution in [-0.2, 0) is 18.4 Å². The molecule has 17 heavy (non-hydrogen) atoms. The lowest BCUT2D eigenvalue weighted by molar-refractivity contribution is -0.127. The van der Waals surface area contributed by atoms with Gasteiger partial charge in [0.25, 0.3) is 0 Å². The first-order valence-electron chi connectivity index (χ1n) is 6.05. The van der Waals surface area contributed by atoms with Crippen LogP contribution in [0.2, 0.25) is 0 Å². The number of anilines is 1. The number of amides is 1. The molecule has 0 bridgehead atoms. The number of carbonyl (C=O) groups is 1. The summed E-state index contributed by atoms with van der Waals surface area (Å²) in [4.78, 5) is 18.0. The molecule has 0 aromatic carbocycles. The van der Waals surface area contributed by atoms with Crippen LogP contribution in [0, 0.1) is 5.92 Å². The third kappa shape index (κ3) is 2.43. The van der Waals surface area contributed by atoms with Gasteiger partial charge in [-0.1, -0.05) is 6.42 Å². The Hall–Kier alpha value is -1.52. The maximum Gasteiger partial charge on any atom is 0.223 e. The van der Waals surface area contributed by atoms with Crippen molar-refractivity contribution >= 4 is 11.9 Å². The molecular formula is C12H20N4O. The summed E-state index contributed by atoms with van der Waals surface area (Å²) >= 11 is 0. The standard InChI is InChI=1S/C12H20N4O/c1-15(2)12-14-8-10(16(12)3)7-13-11(17)9-5-4-6-9/h8-9H,4-7H2,1-3H3,(H,13,17). The Morgan fingerprint density at radius 3 is 2.76 bits per heavy atom. The van der Waals surface area contributed by atoms with Crippen LogP contribution in [0.1, 0.15) is 25.0 Å². The Bertz CT molecular complexity index is 407. The SMILES string of the molecule is CN(C)c1ncc(CNC(=O)C2CCC2)n1C. The maximum atomic E-state index is 11.7. The maximum absolute atomic E-state index is 11.7. The van der Waals surface area contributed by atoms with E-state index in [1.807, 2.05) is 36.8 Å². The zero-order valence-electron chi connectivity index (χ0n) is 10.7. The third-order valence-corrected chi connectivity index (χ3v) is 3.38. The Kier molecular flexibility index (Phi) is 3.36. The van der Waals surface area contributed by atoms with Crippen LogP contribution in [-0.4, -0.2) is 29.6 Å². The van der Waals surface area contributed by atoms with Gasteiger partial charge in [0.1, 0.15) is 0 Å². The highest BCUT2D eigenvalue weighted by Crippen LogP contribution is 2.26. The number of hydrogen-bond acceptors (Lipinski definition) is 3. The molecular weight excluding hydrogens is 216 g/mol. The van der Waals surface area contributed by atoms with Crippen molar-refractivity contribution in [2.24, 2.45) is 13.0 Å². The van der Waals surface area contributed by atoms with Gasteiger partial charge in [0.15, 0.2) is 0 Å². The second kappa shape index (κ2) is 4.77. The summed E-state index contributed by atoms with van der Waals surface area (Å²) in [5.74, 6) is 1.33. The fraction of sp³-hybridized carbons (Fsp3) is 0.667. The molecule has 0 radical (unpaired) electrons. The molecule has 1 aromatic rings.